The molecule has 1 aliphatic rings. The zero-order chi connectivity index (χ0) is 14.0. The highest BCUT2D eigenvalue weighted by molar-refractivity contribution is 5.51. The van der Waals surface area contributed by atoms with E-state index in [9.17, 15) is 0 Å². The SMILES string of the molecule is CC(C)N(N=Nc1ccccc1C1(N)CC1)C(C)C. The summed E-state index contributed by atoms with van der Waals surface area (Å²) < 4.78 is 0. The molecule has 1 aromatic rings. The van der Waals surface area contributed by atoms with Gasteiger partial charge < -0.3 is 5.73 Å². The molecule has 0 radical (unpaired) electrons. The van der Waals surface area contributed by atoms with E-state index in [1.54, 1.807) is 0 Å². The van der Waals surface area contributed by atoms with Crippen molar-refractivity contribution in [2.75, 3.05) is 0 Å². The molecular formula is C15H24N4. The molecule has 1 aromatic carbocycles. The Bertz CT molecular complexity index is 453. The van der Waals surface area contributed by atoms with Crippen molar-refractivity contribution >= 4 is 5.69 Å². The highest BCUT2D eigenvalue weighted by Gasteiger charge is 2.41. The number of nitrogens with zero attached hydrogens (tertiary/aromatic N) is 3. The second kappa shape index (κ2) is 5.29. The Hall–Kier alpha value is -1.42. The minimum Gasteiger partial charge on any atom is -0.321 e. The largest absolute Gasteiger partial charge is 0.321 e. The first kappa shape index (κ1) is 14.0. The van der Waals surface area contributed by atoms with E-state index in [4.69, 9.17) is 5.73 Å². The second-order valence-corrected chi connectivity index (χ2v) is 5.93. The summed E-state index contributed by atoms with van der Waals surface area (Å²) >= 11 is 0. The van der Waals surface area contributed by atoms with Gasteiger partial charge in [-0.1, -0.05) is 23.4 Å². The third kappa shape index (κ3) is 3.13. The summed E-state index contributed by atoms with van der Waals surface area (Å²) in [5, 5.41) is 10.8. The Morgan fingerprint density at radius 1 is 1.11 bits per heavy atom. The van der Waals surface area contributed by atoms with Gasteiger partial charge in [-0.25, -0.2) is 0 Å². The first-order valence-electron chi connectivity index (χ1n) is 7.02. The zero-order valence-corrected chi connectivity index (χ0v) is 12.3. The van der Waals surface area contributed by atoms with Gasteiger partial charge in [0.15, 0.2) is 0 Å². The molecule has 2 N–H and O–H groups in total. The molecule has 4 heteroatoms. The van der Waals surface area contributed by atoms with Crippen LogP contribution < -0.4 is 5.73 Å². The lowest BCUT2D eigenvalue weighted by Gasteiger charge is -2.26. The van der Waals surface area contributed by atoms with Gasteiger partial charge in [0, 0.05) is 17.6 Å². The molecule has 0 heterocycles. The average molecular weight is 260 g/mol. The molecule has 1 saturated carbocycles. The second-order valence-electron chi connectivity index (χ2n) is 5.93. The minimum absolute atomic E-state index is 0.171. The van der Waals surface area contributed by atoms with Crippen LogP contribution in [0.2, 0.25) is 0 Å². The van der Waals surface area contributed by atoms with Gasteiger partial charge >= 0.3 is 0 Å². The first-order chi connectivity index (χ1) is 8.94. The van der Waals surface area contributed by atoms with Gasteiger partial charge in [-0.05, 0) is 52.2 Å². The fourth-order valence-corrected chi connectivity index (χ4v) is 2.29. The molecular weight excluding hydrogens is 236 g/mol. The van der Waals surface area contributed by atoms with E-state index in [0.29, 0.717) is 12.1 Å². The standard InChI is InChI=1S/C15H24N4/c1-11(2)19(12(3)4)18-17-14-8-6-5-7-13(14)15(16)9-10-15/h5-8,11-12H,9-10,16H2,1-4H3. The number of nitrogens with two attached hydrogens (primary N) is 1. The lowest BCUT2D eigenvalue weighted by atomic mass is 10.0. The minimum atomic E-state index is -0.171. The van der Waals surface area contributed by atoms with Crippen LogP contribution in [0.15, 0.2) is 34.6 Å². The third-order valence-corrected chi connectivity index (χ3v) is 3.54. The monoisotopic (exact) mass is 260 g/mol. The van der Waals surface area contributed by atoms with E-state index < -0.39 is 0 Å². The molecule has 0 atom stereocenters. The highest BCUT2D eigenvalue weighted by atomic mass is 15.6. The highest BCUT2D eigenvalue weighted by Crippen LogP contribution is 2.46. The Balaban J connectivity index is 2.23. The topological polar surface area (TPSA) is 54.0 Å². The average Bonchev–Trinajstić information content (AvgIpc) is 3.08. The van der Waals surface area contributed by atoms with Gasteiger partial charge in [-0.2, -0.15) is 0 Å². The molecule has 1 aliphatic carbocycles. The zero-order valence-electron chi connectivity index (χ0n) is 12.3. The lowest BCUT2D eigenvalue weighted by molar-refractivity contribution is 0.169. The van der Waals surface area contributed by atoms with Crippen molar-refractivity contribution in [2.24, 2.45) is 16.1 Å². The summed E-state index contributed by atoms with van der Waals surface area (Å²) in [4.78, 5) is 0. The summed E-state index contributed by atoms with van der Waals surface area (Å²) in [7, 11) is 0. The fraction of sp³-hybridized carbons (Fsp3) is 0.600. The smallest absolute Gasteiger partial charge is 0.0924 e. The molecule has 104 valence electrons. The van der Waals surface area contributed by atoms with E-state index in [0.717, 1.165) is 24.1 Å². The molecule has 0 spiro atoms. The van der Waals surface area contributed by atoms with Crippen LogP contribution in [0.25, 0.3) is 0 Å². The van der Waals surface area contributed by atoms with Crippen LogP contribution >= 0.6 is 0 Å². The van der Waals surface area contributed by atoms with Crippen LogP contribution in [-0.4, -0.2) is 17.1 Å². The lowest BCUT2D eigenvalue weighted by Crippen LogP contribution is -2.31. The molecule has 0 unspecified atom stereocenters. The van der Waals surface area contributed by atoms with Crippen LogP contribution in [-0.2, 0) is 5.54 Å². The Morgan fingerprint density at radius 2 is 1.68 bits per heavy atom. The quantitative estimate of drug-likeness (QED) is 0.647. The van der Waals surface area contributed by atoms with Crippen LogP contribution in [0.1, 0.15) is 46.1 Å². The summed E-state index contributed by atoms with van der Waals surface area (Å²) in [6, 6.07) is 8.73. The molecule has 1 fully saturated rings. The van der Waals surface area contributed by atoms with E-state index in [1.165, 1.54) is 0 Å². The summed E-state index contributed by atoms with van der Waals surface area (Å²) in [6.07, 6.45) is 2.08. The predicted molar refractivity (Wildman–Crippen MR) is 78.2 cm³/mol. The van der Waals surface area contributed by atoms with Gasteiger partial charge in [0.25, 0.3) is 0 Å². The molecule has 0 aromatic heterocycles. The van der Waals surface area contributed by atoms with E-state index >= 15 is 0 Å². The molecule has 0 amide bonds. The van der Waals surface area contributed by atoms with Crippen molar-refractivity contribution in [3.05, 3.63) is 29.8 Å². The summed E-state index contributed by atoms with van der Waals surface area (Å²) in [5.41, 5.74) is 8.12. The first-order valence-corrected chi connectivity index (χ1v) is 7.02. The molecule has 2 rings (SSSR count). The van der Waals surface area contributed by atoms with E-state index in [1.807, 2.05) is 23.2 Å². The van der Waals surface area contributed by atoms with Crippen LogP contribution in [0.3, 0.4) is 0 Å². The Kier molecular flexibility index (Phi) is 3.90. The summed E-state index contributed by atoms with van der Waals surface area (Å²) in [6.45, 7) is 8.49. The van der Waals surface area contributed by atoms with E-state index in [2.05, 4.69) is 44.1 Å². The Labute approximate surface area is 115 Å². The van der Waals surface area contributed by atoms with Crippen molar-refractivity contribution in [1.29, 1.82) is 0 Å². The van der Waals surface area contributed by atoms with Crippen molar-refractivity contribution in [3.63, 3.8) is 0 Å². The summed E-state index contributed by atoms with van der Waals surface area (Å²) in [5.74, 6) is 0. The number of hydrogen-bond acceptors (Lipinski definition) is 3. The van der Waals surface area contributed by atoms with Gasteiger partial charge in [-0.15, -0.1) is 5.11 Å². The maximum absolute atomic E-state index is 6.28. The normalized spacial score (nSPS) is 17.4. The number of rotatable bonds is 5. The van der Waals surface area contributed by atoms with Crippen LogP contribution in [0, 0.1) is 0 Å². The van der Waals surface area contributed by atoms with Crippen LogP contribution in [0.5, 0.6) is 0 Å². The predicted octanol–water partition coefficient (Wildman–Crippen LogP) is 3.75. The molecule has 19 heavy (non-hydrogen) atoms. The Morgan fingerprint density at radius 3 is 2.21 bits per heavy atom. The maximum Gasteiger partial charge on any atom is 0.0924 e. The third-order valence-electron chi connectivity index (χ3n) is 3.54. The molecule has 0 aliphatic heterocycles. The van der Waals surface area contributed by atoms with Crippen molar-refractivity contribution in [3.8, 4) is 0 Å². The number of hydrogen-bond donors (Lipinski definition) is 1. The van der Waals surface area contributed by atoms with E-state index in [-0.39, 0.29) is 5.54 Å². The van der Waals surface area contributed by atoms with Crippen molar-refractivity contribution in [2.45, 2.75) is 58.2 Å². The molecule has 0 bridgehead atoms. The van der Waals surface area contributed by atoms with Gasteiger partial charge in [0.1, 0.15) is 0 Å². The van der Waals surface area contributed by atoms with Crippen molar-refractivity contribution in [1.82, 2.24) is 5.01 Å². The maximum atomic E-state index is 6.28. The van der Waals surface area contributed by atoms with Crippen LogP contribution in [0.4, 0.5) is 5.69 Å². The van der Waals surface area contributed by atoms with Crippen molar-refractivity contribution < 1.29 is 0 Å². The number of benzene rings is 1. The molecule has 0 saturated heterocycles. The van der Waals surface area contributed by atoms with Gasteiger partial charge in [0.05, 0.1) is 5.69 Å². The molecule has 4 nitrogen and oxygen atoms in total. The fourth-order valence-electron chi connectivity index (χ4n) is 2.29. The van der Waals surface area contributed by atoms with Gasteiger partial charge in [0.2, 0.25) is 0 Å². The van der Waals surface area contributed by atoms with Gasteiger partial charge in [-0.3, -0.25) is 5.01 Å².